The van der Waals surface area contributed by atoms with Crippen LogP contribution in [0, 0.1) is 10.1 Å². The van der Waals surface area contributed by atoms with Crippen LogP contribution in [0.2, 0.25) is 0 Å². The van der Waals surface area contributed by atoms with Gasteiger partial charge in [0, 0.05) is 6.54 Å². The van der Waals surface area contributed by atoms with Crippen molar-refractivity contribution < 1.29 is 5.03 Å². The van der Waals surface area contributed by atoms with Crippen molar-refractivity contribution in [1.29, 1.82) is 0 Å². The van der Waals surface area contributed by atoms with Crippen LogP contribution >= 0.6 is 0 Å². The minimum atomic E-state index is -0.480. The highest BCUT2D eigenvalue weighted by atomic mass is 16.7. The fourth-order valence-electron chi connectivity index (χ4n) is 0.643. The van der Waals surface area contributed by atoms with Crippen LogP contribution in [0.5, 0.6) is 0 Å². The maximum atomic E-state index is 9.98. The van der Waals surface area contributed by atoms with Gasteiger partial charge in [-0.2, -0.15) is 0 Å². The highest BCUT2D eigenvalue weighted by Gasteiger charge is 2.15. The molecule has 6 heteroatoms. The van der Waals surface area contributed by atoms with Crippen LogP contribution in [-0.2, 0) is 0 Å². The molecule has 6 nitrogen and oxygen atoms in total. The first kappa shape index (κ1) is 6.24. The highest BCUT2D eigenvalue weighted by molar-refractivity contribution is 4.48. The van der Waals surface area contributed by atoms with Crippen molar-refractivity contribution in [2.45, 2.75) is 6.42 Å². The summed E-state index contributed by atoms with van der Waals surface area (Å²) in [7, 11) is 0. The van der Waals surface area contributed by atoms with Gasteiger partial charge in [-0.1, -0.05) is 0 Å². The molecule has 1 heterocycles. The van der Waals surface area contributed by atoms with E-state index >= 15 is 0 Å². The average molecular weight is 132 g/mol. The Bertz CT molecular complexity index is 110. The van der Waals surface area contributed by atoms with Gasteiger partial charge in [0.2, 0.25) is 0 Å². The van der Waals surface area contributed by atoms with Gasteiger partial charge in [0.25, 0.3) is 0 Å². The molecule has 0 radical (unpaired) electrons. The average Bonchev–Trinajstić information content (AvgIpc) is 1.90. The van der Waals surface area contributed by atoms with Crippen LogP contribution in [0.15, 0.2) is 0 Å². The van der Waals surface area contributed by atoms with Gasteiger partial charge in [-0.05, 0) is 11.5 Å². The molecular formula is C3H8N4O2. The van der Waals surface area contributed by atoms with Gasteiger partial charge in [-0.15, -0.1) is 5.53 Å². The summed E-state index contributed by atoms with van der Waals surface area (Å²) < 4.78 is 0. The lowest BCUT2D eigenvalue weighted by atomic mass is 10.4. The van der Waals surface area contributed by atoms with E-state index < -0.39 is 5.03 Å². The topological polar surface area (TPSA) is 70.4 Å². The lowest BCUT2D eigenvalue weighted by Gasteiger charge is -2.19. The molecule has 52 valence electrons. The smallest absolute Gasteiger partial charge is 0.177 e. The summed E-state index contributed by atoms with van der Waals surface area (Å²) in [5, 5.41) is 10.4. The van der Waals surface area contributed by atoms with Crippen LogP contribution in [-0.4, -0.2) is 23.2 Å². The SMILES string of the molecule is O=[N+]([O-])N1CCCNN1. The summed E-state index contributed by atoms with van der Waals surface area (Å²) in [5.74, 6) is 0. The normalized spacial score (nSPS) is 19.8. The number of rotatable bonds is 1. The summed E-state index contributed by atoms with van der Waals surface area (Å²) >= 11 is 0. The van der Waals surface area contributed by atoms with E-state index in [1.54, 1.807) is 0 Å². The lowest BCUT2D eigenvalue weighted by molar-refractivity contribution is -0.675. The lowest BCUT2D eigenvalue weighted by Crippen LogP contribution is -2.54. The van der Waals surface area contributed by atoms with Gasteiger partial charge in [0.05, 0.1) is 6.54 Å². The van der Waals surface area contributed by atoms with Gasteiger partial charge in [-0.25, -0.2) is 15.5 Å². The minimum absolute atomic E-state index is 0.458. The molecule has 9 heavy (non-hydrogen) atoms. The third kappa shape index (κ3) is 1.51. The maximum absolute atomic E-state index is 9.98. The van der Waals surface area contributed by atoms with Crippen molar-refractivity contribution in [3.8, 4) is 0 Å². The first-order valence-corrected chi connectivity index (χ1v) is 2.71. The first-order valence-electron chi connectivity index (χ1n) is 2.71. The predicted octanol–water partition coefficient (Wildman–Crippen LogP) is -1.11. The number of hydrazine groups is 3. The Kier molecular flexibility index (Phi) is 1.81. The monoisotopic (exact) mass is 132 g/mol. The maximum Gasteiger partial charge on any atom is 0.177 e. The van der Waals surface area contributed by atoms with Crippen LogP contribution in [0.3, 0.4) is 0 Å². The van der Waals surface area contributed by atoms with E-state index in [2.05, 4.69) is 11.0 Å². The molecule has 0 aromatic carbocycles. The van der Waals surface area contributed by atoms with E-state index in [-0.39, 0.29) is 0 Å². The zero-order chi connectivity index (χ0) is 6.69. The number of nitrogens with zero attached hydrogens (tertiary/aromatic N) is 2. The molecule has 2 N–H and O–H groups in total. The summed E-state index contributed by atoms with van der Waals surface area (Å²) in [6.45, 7) is 1.24. The van der Waals surface area contributed by atoms with Gasteiger partial charge < -0.3 is 0 Å². The van der Waals surface area contributed by atoms with Crippen LogP contribution in [0.1, 0.15) is 6.42 Å². The molecule has 0 aliphatic carbocycles. The van der Waals surface area contributed by atoms with E-state index in [1.807, 2.05) is 0 Å². The van der Waals surface area contributed by atoms with Crippen molar-refractivity contribution in [1.82, 2.24) is 16.1 Å². The van der Waals surface area contributed by atoms with Crippen LogP contribution < -0.4 is 11.0 Å². The standard InChI is InChI=1S/C3H8N4O2/c8-7(9)6-3-1-2-4-5-6/h4-5H,1-3H2. The van der Waals surface area contributed by atoms with E-state index in [0.29, 0.717) is 6.54 Å². The van der Waals surface area contributed by atoms with Crippen molar-refractivity contribution >= 4 is 0 Å². The first-order chi connectivity index (χ1) is 4.30. The minimum Gasteiger partial charge on any atom is -0.235 e. The number of nitrogens with one attached hydrogen (secondary N) is 2. The predicted molar refractivity (Wildman–Crippen MR) is 29.5 cm³/mol. The number of hydrogen-bond donors (Lipinski definition) is 2. The summed E-state index contributed by atoms with van der Waals surface area (Å²) in [5.41, 5.74) is 5.05. The Balaban J connectivity index is 2.31. The van der Waals surface area contributed by atoms with Crippen molar-refractivity contribution in [3.05, 3.63) is 10.1 Å². The second kappa shape index (κ2) is 2.60. The molecular weight excluding hydrogens is 124 g/mol. The Labute approximate surface area is 51.9 Å². The zero-order valence-electron chi connectivity index (χ0n) is 4.83. The molecule has 0 unspecified atom stereocenters. The Hall–Kier alpha value is -0.880. The number of nitro groups is 1. The van der Waals surface area contributed by atoms with Crippen LogP contribution in [0.4, 0.5) is 0 Å². The van der Waals surface area contributed by atoms with Crippen molar-refractivity contribution in [2.24, 2.45) is 0 Å². The molecule has 1 rings (SSSR count). The fourth-order valence-corrected chi connectivity index (χ4v) is 0.643. The highest BCUT2D eigenvalue weighted by Crippen LogP contribution is 1.89. The molecule has 0 aromatic rings. The fraction of sp³-hybridized carbons (Fsp3) is 1.00. The summed E-state index contributed by atoms with van der Waals surface area (Å²) in [6.07, 6.45) is 0.800. The molecule has 0 bridgehead atoms. The van der Waals surface area contributed by atoms with Gasteiger partial charge in [0.15, 0.2) is 5.03 Å². The second-order valence-corrected chi connectivity index (χ2v) is 1.75. The van der Waals surface area contributed by atoms with E-state index in [9.17, 15) is 10.1 Å². The molecule has 0 atom stereocenters. The molecule has 1 aliphatic heterocycles. The largest absolute Gasteiger partial charge is 0.235 e. The van der Waals surface area contributed by atoms with E-state index in [4.69, 9.17) is 0 Å². The molecule has 0 spiro atoms. The van der Waals surface area contributed by atoms with Gasteiger partial charge in [-0.3, -0.25) is 0 Å². The molecule has 0 amide bonds. The van der Waals surface area contributed by atoms with Crippen molar-refractivity contribution in [2.75, 3.05) is 13.1 Å². The molecule has 1 fully saturated rings. The van der Waals surface area contributed by atoms with Crippen molar-refractivity contribution in [3.63, 3.8) is 0 Å². The number of hydrogen-bond acceptors (Lipinski definition) is 4. The van der Waals surface area contributed by atoms with E-state index in [0.717, 1.165) is 18.1 Å². The zero-order valence-corrected chi connectivity index (χ0v) is 4.83. The third-order valence-electron chi connectivity index (χ3n) is 1.08. The summed E-state index contributed by atoms with van der Waals surface area (Å²) in [6, 6.07) is 0. The second-order valence-electron chi connectivity index (χ2n) is 1.75. The molecule has 0 aromatic heterocycles. The Morgan fingerprint density at radius 3 is 2.78 bits per heavy atom. The molecule has 1 aliphatic rings. The third-order valence-corrected chi connectivity index (χ3v) is 1.08. The molecule has 0 saturated carbocycles. The van der Waals surface area contributed by atoms with Gasteiger partial charge in [0.1, 0.15) is 0 Å². The van der Waals surface area contributed by atoms with E-state index in [1.165, 1.54) is 0 Å². The quantitative estimate of drug-likeness (QED) is 0.350. The Morgan fingerprint density at radius 2 is 2.44 bits per heavy atom. The Morgan fingerprint density at radius 1 is 1.67 bits per heavy atom. The van der Waals surface area contributed by atoms with Gasteiger partial charge >= 0.3 is 0 Å². The van der Waals surface area contributed by atoms with Crippen LogP contribution in [0.25, 0.3) is 0 Å². The summed E-state index contributed by atoms with van der Waals surface area (Å²) in [4.78, 5) is 9.98. The molecule has 1 saturated heterocycles.